The molecule has 502 valence electrons. The first-order chi connectivity index (χ1) is 41.3. The Kier molecular flexibility index (Phi) is 45.1. The molecule has 0 aromatic rings. The molecule has 0 aliphatic carbocycles. The zero-order valence-electron chi connectivity index (χ0n) is 52.9. The van der Waals surface area contributed by atoms with Crippen molar-refractivity contribution in [2.75, 3.05) is 26.4 Å². The monoisotopic (exact) mass is 1220 g/mol. The van der Waals surface area contributed by atoms with Crippen LogP contribution >= 0.6 is 0 Å². The van der Waals surface area contributed by atoms with E-state index in [1.165, 1.54) is 186 Å². The van der Waals surface area contributed by atoms with E-state index < -0.39 is 124 Å². The molecule has 19 nitrogen and oxygen atoms in total. The molecule has 3 aliphatic rings. The number of unbranched alkanes of at least 4 members (excludes halogenated alkanes) is 35. The molecule has 0 bridgehead atoms. The normalized spacial score (nSPS) is 29.0. The smallest absolute Gasteiger partial charge is 0.220 e. The molecule has 3 saturated heterocycles. The Balaban J connectivity index is 1.44. The Morgan fingerprint density at radius 2 is 0.741 bits per heavy atom. The molecule has 1 amide bonds. The minimum absolute atomic E-state index is 0.241. The molecule has 0 radical (unpaired) electrons. The molecule has 3 heterocycles. The van der Waals surface area contributed by atoms with Gasteiger partial charge in [0.25, 0.3) is 0 Å². The highest BCUT2D eigenvalue weighted by atomic mass is 16.8. The lowest BCUT2D eigenvalue weighted by Gasteiger charge is -2.48. The van der Waals surface area contributed by atoms with Crippen LogP contribution in [0.5, 0.6) is 0 Å². The lowest BCUT2D eigenvalue weighted by Crippen LogP contribution is -2.66. The zero-order valence-corrected chi connectivity index (χ0v) is 52.9. The zero-order chi connectivity index (χ0) is 61.9. The second kappa shape index (κ2) is 49.3. The average Bonchev–Trinajstić information content (AvgIpc) is 3.10. The van der Waals surface area contributed by atoms with Gasteiger partial charge in [0.15, 0.2) is 18.9 Å². The molecule has 12 N–H and O–H groups in total. The van der Waals surface area contributed by atoms with Crippen LogP contribution in [0.2, 0.25) is 0 Å². The standard InChI is InChI=1S/C66H125NO18/c1-3-5-7-9-11-13-15-17-19-21-23-24-26-28-30-32-34-36-38-40-42-44-54(72)67-49(50(71)43-41-39-37-35-33-31-29-27-25-22-20-18-16-14-12-10-8-6-4-2)48-80-64-60(78)57(75)62(52(46-69)82-64)85-66-61(79)58(76)63(53(47-70)83-66)84-65-59(77)56(74)55(73)51(45-68)81-65/h21,23,49-53,55-66,68-71,73-79H,3-20,22,24-48H2,1-2H3,(H,67,72)/b23-21-. The fourth-order valence-electron chi connectivity index (χ4n) is 12.0. The van der Waals surface area contributed by atoms with Crippen LogP contribution in [0.25, 0.3) is 0 Å². The fourth-order valence-corrected chi connectivity index (χ4v) is 12.0. The SMILES string of the molecule is CCCCCCCCCC/C=C\CCCCCCCCCCCC(=O)NC(COC1OC(CO)C(OC2OC(CO)C(OC3OC(CO)C(O)C(O)C3O)C(O)C2O)C(O)C1O)C(O)CCCCCCCCCCCCCCCCCCCCC. The van der Waals surface area contributed by atoms with Crippen LogP contribution < -0.4 is 5.32 Å². The fraction of sp³-hybridized carbons (Fsp3) is 0.955. The van der Waals surface area contributed by atoms with Gasteiger partial charge in [0.2, 0.25) is 5.91 Å². The number of amides is 1. The summed E-state index contributed by atoms with van der Waals surface area (Å²) in [4.78, 5) is 13.4. The van der Waals surface area contributed by atoms with Gasteiger partial charge < -0.3 is 89.9 Å². The van der Waals surface area contributed by atoms with Gasteiger partial charge in [0, 0.05) is 6.42 Å². The third-order valence-electron chi connectivity index (χ3n) is 17.6. The maximum absolute atomic E-state index is 13.4. The van der Waals surface area contributed by atoms with Crippen LogP contribution in [0, 0.1) is 0 Å². The molecule has 0 saturated carbocycles. The van der Waals surface area contributed by atoms with E-state index in [2.05, 4.69) is 31.3 Å². The largest absolute Gasteiger partial charge is 0.394 e. The molecule has 3 aliphatic heterocycles. The Labute approximate surface area is 512 Å². The van der Waals surface area contributed by atoms with E-state index in [0.29, 0.717) is 12.8 Å². The van der Waals surface area contributed by atoms with Gasteiger partial charge in [-0.1, -0.05) is 238 Å². The van der Waals surface area contributed by atoms with Crippen molar-refractivity contribution in [3.05, 3.63) is 12.2 Å². The molecule has 0 aromatic heterocycles. The molecule has 3 fully saturated rings. The highest BCUT2D eigenvalue weighted by molar-refractivity contribution is 5.76. The summed E-state index contributed by atoms with van der Waals surface area (Å²) in [5.41, 5.74) is 0. The van der Waals surface area contributed by atoms with Crippen LogP contribution in [0.15, 0.2) is 12.2 Å². The van der Waals surface area contributed by atoms with Crippen molar-refractivity contribution in [2.24, 2.45) is 0 Å². The Morgan fingerprint density at radius 3 is 1.14 bits per heavy atom. The lowest BCUT2D eigenvalue weighted by molar-refractivity contribution is -0.379. The van der Waals surface area contributed by atoms with Gasteiger partial charge in [0.1, 0.15) is 73.2 Å². The third kappa shape index (κ3) is 31.9. The molecule has 3 rings (SSSR count). The van der Waals surface area contributed by atoms with Gasteiger partial charge >= 0.3 is 0 Å². The van der Waals surface area contributed by atoms with Gasteiger partial charge in [-0.05, 0) is 38.5 Å². The van der Waals surface area contributed by atoms with Crippen molar-refractivity contribution in [1.82, 2.24) is 5.32 Å². The van der Waals surface area contributed by atoms with Crippen molar-refractivity contribution in [2.45, 2.75) is 375 Å². The number of hydrogen-bond donors (Lipinski definition) is 12. The van der Waals surface area contributed by atoms with E-state index in [0.717, 1.165) is 51.4 Å². The first kappa shape index (κ1) is 77.8. The van der Waals surface area contributed by atoms with Gasteiger partial charge in [0.05, 0.1) is 38.6 Å². The maximum atomic E-state index is 13.4. The first-order valence-electron chi connectivity index (χ1n) is 34.4. The van der Waals surface area contributed by atoms with Crippen molar-refractivity contribution in [1.29, 1.82) is 0 Å². The lowest BCUT2D eigenvalue weighted by atomic mass is 9.96. The summed E-state index contributed by atoms with van der Waals surface area (Å²) in [5.74, 6) is -0.241. The second-order valence-corrected chi connectivity index (χ2v) is 25.0. The van der Waals surface area contributed by atoms with Crippen molar-refractivity contribution in [3.63, 3.8) is 0 Å². The van der Waals surface area contributed by atoms with E-state index in [4.69, 9.17) is 28.4 Å². The van der Waals surface area contributed by atoms with Crippen LogP contribution in [0.4, 0.5) is 0 Å². The average molecular weight is 1220 g/mol. The number of aliphatic hydroxyl groups excluding tert-OH is 11. The third-order valence-corrected chi connectivity index (χ3v) is 17.6. The number of hydrogen-bond acceptors (Lipinski definition) is 18. The summed E-state index contributed by atoms with van der Waals surface area (Å²) in [6.45, 7) is 1.83. The Bertz CT molecular complexity index is 1600. The molecule has 0 aromatic carbocycles. The van der Waals surface area contributed by atoms with Crippen molar-refractivity contribution < 1.29 is 89.4 Å². The molecule has 17 atom stereocenters. The molecular weight excluding hydrogens is 1090 g/mol. The molecule has 0 spiro atoms. The number of allylic oxidation sites excluding steroid dienone is 2. The van der Waals surface area contributed by atoms with Crippen molar-refractivity contribution in [3.8, 4) is 0 Å². The van der Waals surface area contributed by atoms with E-state index in [1.54, 1.807) is 0 Å². The predicted molar refractivity (Wildman–Crippen MR) is 328 cm³/mol. The molecule has 85 heavy (non-hydrogen) atoms. The topological polar surface area (TPSA) is 307 Å². The molecular formula is C66H125NO18. The van der Waals surface area contributed by atoms with Crippen molar-refractivity contribution >= 4 is 5.91 Å². The summed E-state index contributed by atoms with van der Waals surface area (Å²) >= 11 is 0. The molecule has 17 unspecified atom stereocenters. The van der Waals surface area contributed by atoms with Crippen LogP contribution in [-0.2, 0) is 33.2 Å². The van der Waals surface area contributed by atoms with Gasteiger partial charge in [-0.25, -0.2) is 0 Å². The number of rotatable bonds is 53. The number of aliphatic hydroxyl groups is 11. The van der Waals surface area contributed by atoms with E-state index in [9.17, 15) is 61.0 Å². The minimum atomic E-state index is -1.97. The Hall–Kier alpha value is -1.47. The van der Waals surface area contributed by atoms with Gasteiger partial charge in [-0.2, -0.15) is 0 Å². The van der Waals surface area contributed by atoms with Gasteiger partial charge in [-0.3, -0.25) is 4.79 Å². The molecule has 19 heteroatoms. The number of carbonyl (C=O) groups is 1. The number of ether oxygens (including phenoxy) is 6. The number of nitrogens with one attached hydrogen (secondary N) is 1. The highest BCUT2D eigenvalue weighted by Gasteiger charge is 2.53. The summed E-state index contributed by atoms with van der Waals surface area (Å²) in [6, 6.07) is -0.885. The first-order valence-corrected chi connectivity index (χ1v) is 34.4. The van der Waals surface area contributed by atoms with Crippen LogP contribution in [0.3, 0.4) is 0 Å². The summed E-state index contributed by atoms with van der Waals surface area (Å²) in [7, 11) is 0. The quantitative estimate of drug-likeness (QED) is 0.0201. The van der Waals surface area contributed by atoms with Gasteiger partial charge in [-0.15, -0.1) is 0 Å². The predicted octanol–water partition coefficient (Wildman–Crippen LogP) is 8.50. The summed E-state index contributed by atoms with van der Waals surface area (Å²) < 4.78 is 34.4. The Morgan fingerprint density at radius 1 is 0.412 bits per heavy atom. The van der Waals surface area contributed by atoms with E-state index in [-0.39, 0.29) is 18.9 Å². The second-order valence-electron chi connectivity index (χ2n) is 25.0. The summed E-state index contributed by atoms with van der Waals surface area (Å²) in [5, 5.41) is 121. The highest BCUT2D eigenvalue weighted by Crippen LogP contribution is 2.33. The number of carbonyl (C=O) groups excluding carboxylic acids is 1. The van der Waals surface area contributed by atoms with E-state index in [1.807, 2.05) is 0 Å². The minimum Gasteiger partial charge on any atom is -0.394 e. The summed E-state index contributed by atoms with van der Waals surface area (Å²) in [6.07, 6.45) is 25.7. The van der Waals surface area contributed by atoms with Crippen LogP contribution in [-0.4, -0.2) is 193 Å². The van der Waals surface area contributed by atoms with Crippen LogP contribution in [0.1, 0.15) is 271 Å². The maximum Gasteiger partial charge on any atom is 0.220 e. The van der Waals surface area contributed by atoms with E-state index >= 15 is 0 Å².